The number of nitrogens with zero attached hydrogens (tertiary/aromatic N) is 3. The van der Waals surface area contributed by atoms with Crippen LogP contribution >= 0.6 is 0 Å². The Kier molecular flexibility index (Phi) is 4.00. The molecule has 0 bridgehead atoms. The number of aromatic nitrogens is 3. The molecule has 7 nitrogen and oxygen atoms in total. The van der Waals surface area contributed by atoms with Gasteiger partial charge in [-0.1, -0.05) is 3.89 Å². The Morgan fingerprint density at radius 1 is 1.42 bits per heavy atom. The van der Waals surface area contributed by atoms with Gasteiger partial charge in [0.2, 0.25) is 0 Å². The third-order valence-electron chi connectivity index (χ3n) is 4.86. The normalized spacial score (nSPS) is 18.2. The molecule has 3 heterocycles. The van der Waals surface area contributed by atoms with Crippen LogP contribution in [0.25, 0.3) is 10.9 Å². The Labute approximate surface area is 150 Å². The lowest BCUT2D eigenvalue weighted by atomic mass is 9.96. The Hall–Kier alpha value is -2.39. The molecule has 0 saturated heterocycles. The molecule has 0 fully saturated rings. The zero-order chi connectivity index (χ0) is 18.5. The number of halogens is 1. The van der Waals surface area contributed by atoms with Gasteiger partial charge in [0.25, 0.3) is 0 Å². The number of rotatable bonds is 4. The van der Waals surface area contributed by atoms with Crippen LogP contribution in [0.5, 0.6) is 5.75 Å². The first-order valence-corrected chi connectivity index (χ1v) is 9.68. The smallest absolute Gasteiger partial charge is 0.375 e. The zero-order valence-electron chi connectivity index (χ0n) is 14.4. The Balaban J connectivity index is 1.93. The van der Waals surface area contributed by atoms with Gasteiger partial charge in [0, 0.05) is 41.4 Å². The number of fused-ring (bicyclic) bond motifs is 3. The summed E-state index contributed by atoms with van der Waals surface area (Å²) in [7, 11) is -3.27. The van der Waals surface area contributed by atoms with Crippen LogP contribution in [0.1, 0.15) is 29.8 Å². The number of hydrogen-bond donors (Lipinski definition) is 1. The maximum absolute atomic E-state index is 14.0. The van der Waals surface area contributed by atoms with E-state index >= 15 is 0 Å². The lowest BCUT2D eigenvalue weighted by Crippen LogP contribution is -2.38. The van der Waals surface area contributed by atoms with Gasteiger partial charge in [-0.2, -0.15) is 17.8 Å². The molecule has 0 radical (unpaired) electrons. The summed E-state index contributed by atoms with van der Waals surface area (Å²) in [5.41, 5.74) is 3.15. The van der Waals surface area contributed by atoms with E-state index in [2.05, 4.69) is 10.1 Å². The van der Waals surface area contributed by atoms with E-state index in [0.717, 1.165) is 26.5 Å². The molecule has 9 heteroatoms. The second kappa shape index (κ2) is 6.10. The number of benzene rings is 1. The summed E-state index contributed by atoms with van der Waals surface area (Å²) in [4.78, 5) is 3.28. The van der Waals surface area contributed by atoms with E-state index in [0.29, 0.717) is 24.2 Å². The number of ether oxygens (including phenoxy) is 1. The Morgan fingerprint density at radius 2 is 2.23 bits per heavy atom. The highest BCUT2D eigenvalue weighted by Gasteiger charge is 2.39. The lowest BCUT2D eigenvalue weighted by Gasteiger charge is -2.31. The predicted molar refractivity (Wildman–Crippen MR) is 95.0 cm³/mol. The Morgan fingerprint density at radius 3 is 2.88 bits per heavy atom. The van der Waals surface area contributed by atoms with Crippen LogP contribution in [0.2, 0.25) is 0 Å². The first kappa shape index (κ1) is 17.0. The molecule has 1 N–H and O–H groups in total. The molecule has 3 aromatic rings. The minimum Gasteiger partial charge on any atom is -0.497 e. The quantitative estimate of drug-likeness (QED) is 0.708. The van der Waals surface area contributed by atoms with Crippen molar-refractivity contribution in [2.75, 3.05) is 13.7 Å². The number of H-pyrrole nitrogens is 1. The van der Waals surface area contributed by atoms with Crippen LogP contribution in [-0.4, -0.2) is 41.1 Å². The van der Waals surface area contributed by atoms with Gasteiger partial charge in [-0.25, -0.2) is 0 Å². The first-order valence-electron chi connectivity index (χ1n) is 8.34. The van der Waals surface area contributed by atoms with Crippen LogP contribution in [0, 0.1) is 0 Å². The van der Waals surface area contributed by atoms with E-state index in [1.165, 1.54) is 0 Å². The molecule has 0 aliphatic carbocycles. The molecule has 0 spiro atoms. The molecule has 1 atom stereocenters. The minimum absolute atomic E-state index is 0.0674. The summed E-state index contributed by atoms with van der Waals surface area (Å²) in [6, 6.07) is 4.86. The second-order valence-electron chi connectivity index (χ2n) is 6.26. The average Bonchev–Trinajstić information content (AvgIpc) is 3.23. The van der Waals surface area contributed by atoms with Gasteiger partial charge in [0.15, 0.2) is 0 Å². The number of hydrogen-bond acceptors (Lipinski definition) is 4. The van der Waals surface area contributed by atoms with Gasteiger partial charge >= 0.3 is 10.4 Å². The first-order chi connectivity index (χ1) is 12.4. The summed E-state index contributed by atoms with van der Waals surface area (Å²) < 4.78 is 45.4. The van der Waals surface area contributed by atoms with Gasteiger partial charge in [0.05, 0.1) is 19.3 Å². The highest BCUT2D eigenvalue weighted by molar-refractivity contribution is 7.84. The van der Waals surface area contributed by atoms with Crippen molar-refractivity contribution in [3.8, 4) is 5.75 Å². The van der Waals surface area contributed by atoms with Gasteiger partial charge in [0.1, 0.15) is 5.75 Å². The molecule has 1 aromatic carbocycles. The van der Waals surface area contributed by atoms with E-state index in [4.69, 9.17) is 4.74 Å². The summed E-state index contributed by atoms with van der Waals surface area (Å²) in [5.74, 6) is 0.718. The van der Waals surface area contributed by atoms with E-state index in [-0.39, 0.29) is 6.54 Å². The van der Waals surface area contributed by atoms with Gasteiger partial charge in [-0.05, 0) is 37.1 Å². The van der Waals surface area contributed by atoms with E-state index in [9.17, 15) is 12.3 Å². The molecule has 138 valence electrons. The summed E-state index contributed by atoms with van der Waals surface area (Å²) in [6.45, 7) is 2.64. The predicted octanol–water partition coefficient (Wildman–Crippen LogP) is 2.55. The molecule has 2 aromatic heterocycles. The Bertz CT molecular complexity index is 1070. The van der Waals surface area contributed by atoms with E-state index < -0.39 is 16.5 Å². The van der Waals surface area contributed by atoms with Crippen molar-refractivity contribution in [2.24, 2.45) is 0 Å². The number of aromatic amines is 1. The fourth-order valence-corrected chi connectivity index (χ4v) is 4.42. The SMILES string of the molecule is CCn1cc(C2c3[nH]c4ccc(OC)cc4c3CCN2S(=O)(=O)F)cn1. The van der Waals surface area contributed by atoms with Gasteiger partial charge in [-0.3, -0.25) is 4.68 Å². The molecular weight excluding hydrogens is 359 g/mol. The van der Waals surface area contributed by atoms with E-state index in [1.54, 1.807) is 24.2 Å². The van der Waals surface area contributed by atoms with Crippen molar-refractivity contribution in [3.05, 3.63) is 47.4 Å². The summed E-state index contributed by atoms with van der Waals surface area (Å²) in [6.07, 6.45) is 3.77. The highest BCUT2D eigenvalue weighted by Crippen LogP contribution is 2.40. The average molecular weight is 378 g/mol. The molecule has 1 aliphatic heterocycles. The molecule has 4 rings (SSSR count). The summed E-state index contributed by atoms with van der Waals surface area (Å²) in [5, 5.41) is 5.18. The fourth-order valence-electron chi connectivity index (χ4n) is 3.63. The van der Waals surface area contributed by atoms with Crippen molar-refractivity contribution in [1.82, 2.24) is 19.1 Å². The van der Waals surface area contributed by atoms with Crippen molar-refractivity contribution in [3.63, 3.8) is 0 Å². The molecule has 1 unspecified atom stereocenters. The monoisotopic (exact) mass is 378 g/mol. The molecule has 26 heavy (non-hydrogen) atoms. The van der Waals surface area contributed by atoms with Crippen molar-refractivity contribution in [1.29, 1.82) is 0 Å². The van der Waals surface area contributed by atoms with E-state index in [1.807, 2.05) is 25.1 Å². The molecule has 0 amide bonds. The van der Waals surface area contributed by atoms with Crippen LogP contribution in [0.15, 0.2) is 30.6 Å². The molecule has 0 saturated carbocycles. The summed E-state index contributed by atoms with van der Waals surface area (Å²) >= 11 is 0. The second-order valence-corrected chi connectivity index (χ2v) is 7.56. The van der Waals surface area contributed by atoms with Crippen LogP contribution in [-0.2, 0) is 23.4 Å². The zero-order valence-corrected chi connectivity index (χ0v) is 15.3. The van der Waals surface area contributed by atoms with Crippen molar-refractivity contribution in [2.45, 2.75) is 25.9 Å². The minimum atomic E-state index is -4.86. The number of methoxy groups -OCH3 is 1. The van der Waals surface area contributed by atoms with Crippen LogP contribution < -0.4 is 4.74 Å². The lowest BCUT2D eigenvalue weighted by molar-refractivity contribution is 0.321. The van der Waals surface area contributed by atoms with Gasteiger partial charge < -0.3 is 9.72 Å². The van der Waals surface area contributed by atoms with Gasteiger partial charge in [-0.15, -0.1) is 0 Å². The highest BCUT2D eigenvalue weighted by atomic mass is 32.3. The van der Waals surface area contributed by atoms with Crippen molar-refractivity contribution >= 4 is 21.3 Å². The largest absolute Gasteiger partial charge is 0.497 e. The number of aryl methyl sites for hydroxylation is 1. The molecular formula is C17H19FN4O3S. The topological polar surface area (TPSA) is 80.2 Å². The van der Waals surface area contributed by atoms with Crippen molar-refractivity contribution < 1.29 is 17.0 Å². The third-order valence-corrected chi connectivity index (χ3v) is 5.82. The van der Waals surface area contributed by atoms with Crippen LogP contribution in [0.3, 0.4) is 0 Å². The number of nitrogens with one attached hydrogen (secondary N) is 1. The maximum Gasteiger partial charge on any atom is 0.375 e. The van der Waals surface area contributed by atoms with Crippen LogP contribution in [0.4, 0.5) is 3.89 Å². The maximum atomic E-state index is 14.0. The standard InChI is InChI=1S/C17H19FN4O3S/c1-3-21-10-11(9-19-21)17-16-13(6-7-22(17)26(18,23)24)14-8-12(25-2)4-5-15(14)20-16/h4-5,8-10,17,20H,3,6-7H2,1-2H3. The fraction of sp³-hybridized carbons (Fsp3) is 0.353. The molecule has 1 aliphatic rings. The third kappa shape index (κ3) is 2.67.